The van der Waals surface area contributed by atoms with E-state index in [9.17, 15) is 14.3 Å². The second-order valence-electron chi connectivity index (χ2n) is 9.64. The predicted octanol–water partition coefficient (Wildman–Crippen LogP) is 6.61. The SMILES string of the molecule is CC1CCCCN1CCCCc1ncc2c(n1)c(Nc1ccc(F)c(Cl)c1)nc1cc(C(=O)O)ccc12. The fraction of sp³-hybridized carbons (Fsp3) is 0.357. The number of halogens is 2. The van der Waals surface area contributed by atoms with Crippen molar-refractivity contribution in [3.8, 4) is 0 Å². The van der Waals surface area contributed by atoms with Gasteiger partial charge in [0, 0.05) is 35.1 Å². The van der Waals surface area contributed by atoms with Crippen molar-refractivity contribution in [3.05, 3.63) is 64.8 Å². The number of likely N-dealkylation sites (tertiary alicyclic amines) is 1. The summed E-state index contributed by atoms with van der Waals surface area (Å²) in [6.45, 7) is 4.58. The van der Waals surface area contributed by atoms with Crippen LogP contribution in [0.1, 0.15) is 55.2 Å². The van der Waals surface area contributed by atoms with Crippen LogP contribution in [0.2, 0.25) is 5.02 Å². The van der Waals surface area contributed by atoms with Gasteiger partial charge in [-0.05, 0) is 76.0 Å². The number of benzene rings is 2. The molecule has 0 bridgehead atoms. The molecule has 37 heavy (non-hydrogen) atoms. The lowest BCUT2D eigenvalue weighted by Gasteiger charge is -2.33. The molecular weight excluding hydrogens is 493 g/mol. The van der Waals surface area contributed by atoms with Crippen LogP contribution < -0.4 is 5.32 Å². The second-order valence-corrected chi connectivity index (χ2v) is 10.0. The van der Waals surface area contributed by atoms with Crippen molar-refractivity contribution < 1.29 is 14.3 Å². The van der Waals surface area contributed by atoms with Crippen molar-refractivity contribution in [1.29, 1.82) is 0 Å². The Morgan fingerprint density at radius 3 is 2.81 bits per heavy atom. The Bertz CT molecular complexity index is 1460. The molecule has 4 aromatic rings. The highest BCUT2D eigenvalue weighted by Crippen LogP contribution is 2.31. The Labute approximate surface area is 219 Å². The van der Waals surface area contributed by atoms with Crippen molar-refractivity contribution >= 4 is 50.9 Å². The summed E-state index contributed by atoms with van der Waals surface area (Å²) in [5, 5.41) is 14.1. The lowest BCUT2D eigenvalue weighted by molar-refractivity contribution is 0.0697. The van der Waals surface area contributed by atoms with Gasteiger partial charge >= 0.3 is 5.97 Å². The van der Waals surface area contributed by atoms with Crippen LogP contribution in [0.4, 0.5) is 15.9 Å². The van der Waals surface area contributed by atoms with Crippen LogP contribution in [0.3, 0.4) is 0 Å². The maximum atomic E-state index is 13.7. The molecule has 1 aliphatic rings. The standard InChI is InChI=1S/C28H29ClFN5O2/c1-17-6-2-4-12-35(17)13-5-3-7-25-31-16-21-20-10-8-18(28(36)37)14-24(20)33-27(26(21)34-25)32-19-9-11-23(30)22(29)15-19/h8-11,14-17H,2-7,12-13H2,1H3,(H,32,33)(H,36,37). The van der Waals surface area contributed by atoms with Crippen molar-refractivity contribution in [2.45, 2.75) is 51.5 Å². The predicted molar refractivity (Wildman–Crippen MR) is 144 cm³/mol. The second kappa shape index (κ2) is 10.9. The number of pyridine rings is 1. The number of nitrogens with one attached hydrogen (secondary N) is 1. The average molecular weight is 522 g/mol. The van der Waals surface area contributed by atoms with Gasteiger partial charge in [-0.25, -0.2) is 24.1 Å². The average Bonchev–Trinajstić information content (AvgIpc) is 2.89. The number of nitrogens with zero attached hydrogens (tertiary/aromatic N) is 4. The summed E-state index contributed by atoms with van der Waals surface area (Å²) >= 11 is 5.98. The number of hydrogen-bond donors (Lipinski definition) is 2. The molecule has 2 N–H and O–H groups in total. The number of aromatic carboxylic acids is 1. The molecule has 0 amide bonds. The lowest BCUT2D eigenvalue weighted by atomic mass is 10.0. The van der Waals surface area contributed by atoms with Crippen molar-refractivity contribution in [1.82, 2.24) is 19.9 Å². The summed E-state index contributed by atoms with van der Waals surface area (Å²) in [7, 11) is 0. The van der Waals surface area contributed by atoms with Crippen molar-refractivity contribution in [3.63, 3.8) is 0 Å². The van der Waals surface area contributed by atoms with Gasteiger partial charge in [0.05, 0.1) is 16.1 Å². The molecule has 0 spiro atoms. The zero-order chi connectivity index (χ0) is 25.9. The fourth-order valence-corrected chi connectivity index (χ4v) is 5.14. The molecule has 9 heteroatoms. The van der Waals surface area contributed by atoms with Crippen LogP contribution in [-0.2, 0) is 6.42 Å². The van der Waals surface area contributed by atoms with E-state index in [2.05, 4.69) is 22.1 Å². The van der Waals surface area contributed by atoms with Crippen LogP contribution in [0.25, 0.3) is 21.8 Å². The normalized spacial score (nSPS) is 16.4. The molecule has 1 unspecified atom stereocenters. The largest absolute Gasteiger partial charge is 0.478 e. The van der Waals surface area contributed by atoms with Gasteiger partial charge in [0.25, 0.3) is 0 Å². The Balaban J connectivity index is 1.45. The molecule has 5 rings (SSSR count). The van der Waals surface area contributed by atoms with Crippen LogP contribution in [-0.4, -0.2) is 50.1 Å². The summed E-state index contributed by atoms with van der Waals surface area (Å²) < 4.78 is 13.7. The quantitative estimate of drug-likeness (QED) is 0.199. The lowest BCUT2D eigenvalue weighted by Crippen LogP contribution is -2.38. The Kier molecular flexibility index (Phi) is 7.48. The summed E-state index contributed by atoms with van der Waals surface area (Å²) in [5.74, 6) is -0.395. The number of carboxylic acid groups (broad SMARTS) is 1. The summed E-state index contributed by atoms with van der Waals surface area (Å²) in [4.78, 5) is 28.3. The number of aryl methyl sites for hydroxylation is 1. The molecule has 1 saturated heterocycles. The molecular formula is C28H29ClFN5O2. The Morgan fingerprint density at radius 2 is 2.03 bits per heavy atom. The number of hydrogen-bond acceptors (Lipinski definition) is 6. The molecule has 192 valence electrons. The van der Waals surface area contributed by atoms with Gasteiger partial charge in [-0.3, -0.25) is 0 Å². The smallest absolute Gasteiger partial charge is 0.335 e. The van der Waals surface area contributed by atoms with E-state index in [1.54, 1.807) is 24.4 Å². The van der Waals surface area contributed by atoms with Gasteiger partial charge in [-0.1, -0.05) is 24.1 Å². The van der Waals surface area contributed by atoms with E-state index in [0.717, 1.165) is 42.4 Å². The van der Waals surface area contributed by atoms with E-state index in [-0.39, 0.29) is 10.6 Å². The third-order valence-electron chi connectivity index (χ3n) is 7.05. The molecule has 7 nitrogen and oxygen atoms in total. The third-order valence-corrected chi connectivity index (χ3v) is 7.34. The number of anilines is 2. The molecule has 0 aliphatic carbocycles. The first-order chi connectivity index (χ1) is 17.9. The number of rotatable bonds is 8. The summed E-state index contributed by atoms with van der Waals surface area (Å²) in [5.41, 5.74) is 1.79. The number of piperidine rings is 1. The van der Waals surface area contributed by atoms with Crippen LogP contribution in [0, 0.1) is 5.82 Å². The van der Waals surface area contributed by atoms with E-state index < -0.39 is 11.8 Å². The van der Waals surface area contributed by atoms with Gasteiger partial charge in [0.2, 0.25) is 0 Å². The number of unbranched alkanes of at least 4 members (excludes halogenated alkanes) is 1. The monoisotopic (exact) mass is 521 g/mol. The van der Waals surface area contributed by atoms with Gasteiger partial charge in [-0.15, -0.1) is 0 Å². The Hall–Kier alpha value is -3.36. The van der Waals surface area contributed by atoms with E-state index in [1.165, 1.54) is 44.0 Å². The molecule has 0 saturated carbocycles. The van der Waals surface area contributed by atoms with E-state index >= 15 is 0 Å². The van der Waals surface area contributed by atoms with Gasteiger partial charge < -0.3 is 15.3 Å². The van der Waals surface area contributed by atoms with Crippen molar-refractivity contribution in [2.24, 2.45) is 0 Å². The summed E-state index contributed by atoms with van der Waals surface area (Å²) in [6.07, 6.45) is 8.46. The van der Waals surface area contributed by atoms with Crippen LogP contribution >= 0.6 is 11.6 Å². The first-order valence-electron chi connectivity index (χ1n) is 12.7. The first kappa shape index (κ1) is 25.3. The van der Waals surface area contributed by atoms with Gasteiger partial charge in [-0.2, -0.15) is 0 Å². The number of fused-ring (bicyclic) bond motifs is 3. The number of carboxylic acids is 1. The maximum absolute atomic E-state index is 13.7. The summed E-state index contributed by atoms with van der Waals surface area (Å²) in [6, 6.07) is 9.78. The minimum atomic E-state index is -1.03. The number of aromatic nitrogens is 3. The van der Waals surface area contributed by atoms with Gasteiger partial charge in [0.1, 0.15) is 17.2 Å². The minimum Gasteiger partial charge on any atom is -0.478 e. The molecule has 2 aromatic carbocycles. The molecule has 1 fully saturated rings. The molecule has 2 aromatic heterocycles. The molecule has 1 atom stereocenters. The Morgan fingerprint density at radius 1 is 1.16 bits per heavy atom. The molecule has 1 aliphatic heterocycles. The zero-order valence-electron chi connectivity index (χ0n) is 20.7. The minimum absolute atomic E-state index is 0.0124. The topological polar surface area (TPSA) is 91.2 Å². The van der Waals surface area contributed by atoms with Crippen LogP contribution in [0.5, 0.6) is 0 Å². The first-order valence-corrected chi connectivity index (χ1v) is 13.1. The van der Waals surface area contributed by atoms with E-state index in [4.69, 9.17) is 21.6 Å². The fourth-order valence-electron chi connectivity index (χ4n) is 4.96. The molecule has 3 heterocycles. The van der Waals surface area contributed by atoms with Crippen molar-refractivity contribution in [2.75, 3.05) is 18.4 Å². The maximum Gasteiger partial charge on any atom is 0.335 e. The zero-order valence-corrected chi connectivity index (χ0v) is 21.4. The van der Waals surface area contributed by atoms with Gasteiger partial charge in [0.15, 0.2) is 5.82 Å². The molecule has 0 radical (unpaired) electrons. The number of carbonyl (C=O) groups is 1. The van der Waals surface area contributed by atoms with Crippen LogP contribution in [0.15, 0.2) is 42.6 Å². The highest BCUT2D eigenvalue weighted by Gasteiger charge is 2.18. The highest BCUT2D eigenvalue weighted by atomic mass is 35.5. The van der Waals surface area contributed by atoms with E-state index in [0.29, 0.717) is 28.6 Å². The third kappa shape index (κ3) is 5.65. The highest BCUT2D eigenvalue weighted by molar-refractivity contribution is 6.31. The van der Waals surface area contributed by atoms with E-state index in [1.807, 2.05) is 0 Å².